The molecule has 0 radical (unpaired) electrons. The summed E-state index contributed by atoms with van der Waals surface area (Å²) in [5, 5.41) is 0. The number of rotatable bonds is 9. The zero-order chi connectivity index (χ0) is 15.9. The van der Waals surface area contributed by atoms with Crippen LogP contribution in [0.5, 0.6) is 0 Å². The van der Waals surface area contributed by atoms with Crippen LogP contribution in [0, 0.1) is 5.92 Å². The molecule has 0 bridgehead atoms. The molecule has 120 valence electrons. The summed E-state index contributed by atoms with van der Waals surface area (Å²) in [6.45, 7) is 6.74. The van der Waals surface area contributed by atoms with Crippen LogP contribution in [-0.4, -0.2) is 15.5 Å². The fourth-order valence-electron chi connectivity index (χ4n) is 2.46. The van der Waals surface area contributed by atoms with Gasteiger partial charge in [-0.05, 0) is 36.0 Å². The van der Waals surface area contributed by atoms with Gasteiger partial charge in [0.2, 0.25) is 0 Å². The van der Waals surface area contributed by atoms with Crippen LogP contribution in [0.1, 0.15) is 64.4 Å². The first kappa shape index (κ1) is 18.2. The fraction of sp³-hybridized carbons (Fsp3) is 0.647. The predicted molar refractivity (Wildman–Crippen MR) is 87.0 cm³/mol. The van der Waals surface area contributed by atoms with Gasteiger partial charge in [0.15, 0.2) is 0 Å². The topological polar surface area (TPSA) is 43.4 Å². The minimum Gasteiger partial charge on any atom is -0.270 e. The normalized spacial score (nSPS) is 14.9. The number of unbranched alkanes of at least 4 members (excludes halogenated alkanes) is 1. The lowest BCUT2D eigenvalue weighted by atomic mass is 9.90. The molecule has 1 aromatic carbocycles. The van der Waals surface area contributed by atoms with Crippen LogP contribution in [0.25, 0.3) is 0 Å². The minimum atomic E-state index is -3.58. The third-order valence-corrected chi connectivity index (χ3v) is 5.39. The van der Waals surface area contributed by atoms with E-state index in [9.17, 15) is 8.42 Å². The van der Waals surface area contributed by atoms with Crippen molar-refractivity contribution >= 4 is 10.1 Å². The van der Waals surface area contributed by atoms with E-state index in [1.807, 2.05) is 12.1 Å². The lowest BCUT2D eigenvalue weighted by Gasteiger charge is -2.16. The number of hydrogen-bond acceptors (Lipinski definition) is 3. The van der Waals surface area contributed by atoms with Gasteiger partial charge in [-0.25, -0.2) is 0 Å². The van der Waals surface area contributed by atoms with Crippen LogP contribution in [0.2, 0.25) is 0 Å². The van der Waals surface area contributed by atoms with Gasteiger partial charge in [0.25, 0.3) is 10.1 Å². The second-order valence-electron chi connectivity index (χ2n) is 5.92. The first-order valence-electron chi connectivity index (χ1n) is 7.81. The Hall–Kier alpha value is -0.870. The summed E-state index contributed by atoms with van der Waals surface area (Å²) >= 11 is 0. The molecule has 0 fully saturated rings. The van der Waals surface area contributed by atoms with E-state index in [0.717, 1.165) is 12.3 Å². The van der Waals surface area contributed by atoms with Crippen molar-refractivity contribution in [2.24, 2.45) is 5.92 Å². The number of hydrogen-bond donors (Lipinski definition) is 0. The highest BCUT2D eigenvalue weighted by molar-refractivity contribution is 7.86. The molecule has 21 heavy (non-hydrogen) atoms. The Balaban J connectivity index is 2.57. The Morgan fingerprint density at radius 1 is 1.05 bits per heavy atom. The van der Waals surface area contributed by atoms with Gasteiger partial charge in [-0.1, -0.05) is 58.6 Å². The molecule has 0 spiro atoms. The summed E-state index contributed by atoms with van der Waals surface area (Å²) in [5.74, 6) is 1.22. The molecule has 0 amide bonds. The highest BCUT2D eigenvalue weighted by Gasteiger charge is 2.14. The van der Waals surface area contributed by atoms with Gasteiger partial charge in [-0.3, -0.25) is 4.18 Å². The smallest absolute Gasteiger partial charge is 0.270 e. The van der Waals surface area contributed by atoms with Crippen molar-refractivity contribution in [3.8, 4) is 0 Å². The van der Waals surface area contributed by atoms with Gasteiger partial charge in [0.05, 0.1) is 12.0 Å². The van der Waals surface area contributed by atoms with Crippen LogP contribution < -0.4 is 0 Å². The van der Waals surface area contributed by atoms with Gasteiger partial charge < -0.3 is 0 Å². The maximum Gasteiger partial charge on any atom is 0.296 e. The van der Waals surface area contributed by atoms with E-state index in [-0.39, 0.29) is 4.90 Å². The fourth-order valence-corrected chi connectivity index (χ4v) is 3.12. The molecule has 0 aliphatic rings. The van der Waals surface area contributed by atoms with Gasteiger partial charge in [-0.15, -0.1) is 0 Å². The molecule has 1 aromatic rings. The predicted octanol–water partition coefficient (Wildman–Crippen LogP) is 4.73. The van der Waals surface area contributed by atoms with E-state index < -0.39 is 10.1 Å². The molecular weight excluding hydrogens is 284 g/mol. The Kier molecular flexibility index (Phi) is 7.40. The van der Waals surface area contributed by atoms with E-state index in [2.05, 4.69) is 25.0 Å². The molecule has 3 nitrogen and oxygen atoms in total. The van der Waals surface area contributed by atoms with Crippen LogP contribution >= 0.6 is 0 Å². The van der Waals surface area contributed by atoms with E-state index in [1.54, 1.807) is 12.1 Å². The monoisotopic (exact) mass is 312 g/mol. The standard InChI is InChI=1S/C17H28O3S/c1-5-6-7-14(2)8-9-15(3)16-10-12-17(13-11-16)21(18,19)20-4/h10-15H,5-9H2,1-4H3. The number of benzene rings is 1. The highest BCUT2D eigenvalue weighted by Crippen LogP contribution is 2.26. The highest BCUT2D eigenvalue weighted by atomic mass is 32.2. The lowest BCUT2D eigenvalue weighted by Crippen LogP contribution is -2.04. The van der Waals surface area contributed by atoms with Crippen molar-refractivity contribution in [1.82, 2.24) is 0 Å². The molecular formula is C17H28O3S. The van der Waals surface area contributed by atoms with Crippen molar-refractivity contribution in [2.75, 3.05) is 7.11 Å². The molecule has 0 saturated heterocycles. The lowest BCUT2D eigenvalue weighted by molar-refractivity contribution is 0.397. The van der Waals surface area contributed by atoms with Crippen molar-refractivity contribution in [1.29, 1.82) is 0 Å². The van der Waals surface area contributed by atoms with Gasteiger partial charge in [-0.2, -0.15) is 8.42 Å². The average molecular weight is 312 g/mol. The molecule has 0 saturated carbocycles. The Morgan fingerprint density at radius 3 is 2.19 bits per heavy atom. The third kappa shape index (κ3) is 5.79. The van der Waals surface area contributed by atoms with Crippen molar-refractivity contribution < 1.29 is 12.6 Å². The zero-order valence-corrected chi connectivity index (χ0v) is 14.4. The minimum absolute atomic E-state index is 0.220. The molecule has 0 aliphatic carbocycles. The Labute approximate surface area is 129 Å². The largest absolute Gasteiger partial charge is 0.296 e. The summed E-state index contributed by atoms with van der Waals surface area (Å²) in [4.78, 5) is 0.220. The average Bonchev–Trinajstić information content (AvgIpc) is 2.50. The summed E-state index contributed by atoms with van der Waals surface area (Å²) in [5.41, 5.74) is 1.19. The van der Waals surface area contributed by atoms with Gasteiger partial charge in [0.1, 0.15) is 0 Å². The zero-order valence-electron chi connectivity index (χ0n) is 13.6. The summed E-state index contributed by atoms with van der Waals surface area (Å²) in [6, 6.07) is 7.05. The quantitative estimate of drug-likeness (QED) is 0.619. The van der Waals surface area contributed by atoms with Gasteiger partial charge in [0, 0.05) is 0 Å². The van der Waals surface area contributed by atoms with Crippen molar-refractivity contribution in [2.45, 2.75) is 63.7 Å². The van der Waals surface area contributed by atoms with E-state index >= 15 is 0 Å². The molecule has 0 aromatic heterocycles. The van der Waals surface area contributed by atoms with Crippen molar-refractivity contribution in [3.63, 3.8) is 0 Å². The van der Waals surface area contributed by atoms with Crippen LogP contribution in [-0.2, 0) is 14.3 Å². The SMILES string of the molecule is CCCCC(C)CCC(C)c1ccc(S(=O)(=O)OC)cc1. The van der Waals surface area contributed by atoms with Crippen LogP contribution in [0.4, 0.5) is 0 Å². The van der Waals surface area contributed by atoms with Crippen LogP contribution in [0.3, 0.4) is 0 Å². The van der Waals surface area contributed by atoms with Crippen molar-refractivity contribution in [3.05, 3.63) is 29.8 Å². The van der Waals surface area contributed by atoms with E-state index in [1.165, 1.54) is 38.4 Å². The molecule has 1 rings (SSSR count). The van der Waals surface area contributed by atoms with Gasteiger partial charge >= 0.3 is 0 Å². The first-order chi connectivity index (χ1) is 9.90. The summed E-state index contributed by atoms with van der Waals surface area (Å²) in [6.07, 6.45) is 6.23. The molecule has 4 heteroatoms. The maximum atomic E-state index is 11.6. The Morgan fingerprint density at radius 2 is 1.67 bits per heavy atom. The second kappa shape index (κ2) is 8.54. The second-order valence-corrected chi connectivity index (χ2v) is 7.63. The molecule has 0 aliphatic heterocycles. The molecule has 2 atom stereocenters. The summed E-state index contributed by atoms with van der Waals surface area (Å²) < 4.78 is 27.7. The molecule has 0 heterocycles. The van der Waals surface area contributed by atoms with Crippen LogP contribution in [0.15, 0.2) is 29.2 Å². The van der Waals surface area contributed by atoms with E-state index in [0.29, 0.717) is 5.92 Å². The molecule has 2 unspecified atom stereocenters. The third-order valence-electron chi connectivity index (χ3n) is 4.10. The van der Waals surface area contributed by atoms with E-state index in [4.69, 9.17) is 0 Å². The maximum absolute atomic E-state index is 11.6. The Bertz CT molecular complexity index is 505. The summed E-state index contributed by atoms with van der Waals surface area (Å²) in [7, 11) is -2.39. The molecule has 0 N–H and O–H groups in total. The first-order valence-corrected chi connectivity index (χ1v) is 9.22.